The summed E-state index contributed by atoms with van der Waals surface area (Å²) in [4.78, 5) is 23.3. The molecule has 0 saturated carbocycles. The number of thioether (sulfide) groups is 1. The van der Waals surface area contributed by atoms with E-state index in [1.165, 1.54) is 11.8 Å². The van der Waals surface area contributed by atoms with Crippen molar-refractivity contribution in [1.82, 2.24) is 24.6 Å². The van der Waals surface area contributed by atoms with Gasteiger partial charge in [0.1, 0.15) is 11.4 Å². The number of hydrogen-bond acceptors (Lipinski definition) is 8. The quantitative estimate of drug-likeness (QED) is 0.456. The molecular formula is C16H22N6O2S. The Morgan fingerprint density at radius 1 is 1.44 bits per heavy atom. The van der Waals surface area contributed by atoms with Crippen molar-refractivity contribution in [1.29, 1.82) is 0 Å². The molecule has 0 fully saturated rings. The van der Waals surface area contributed by atoms with E-state index >= 15 is 0 Å². The molecule has 0 spiro atoms. The molecule has 0 aliphatic carbocycles. The van der Waals surface area contributed by atoms with Crippen LogP contribution in [-0.2, 0) is 11.8 Å². The second-order valence-corrected chi connectivity index (χ2v) is 6.12. The van der Waals surface area contributed by atoms with Crippen molar-refractivity contribution < 1.29 is 9.53 Å². The standard InChI is InChI=1S/C16H22N6O2S/c1-6-24-15(23)13-12(7-8-21(2)3)19-16(25-5)20-14(13)18-11-9-17-22(4)10-11/h7-10H,6H2,1-5H3,(H,18,19,20). The molecule has 0 unspecified atom stereocenters. The molecule has 134 valence electrons. The maximum absolute atomic E-state index is 12.5. The van der Waals surface area contributed by atoms with E-state index in [4.69, 9.17) is 4.74 Å². The van der Waals surface area contributed by atoms with Crippen molar-refractivity contribution in [3.63, 3.8) is 0 Å². The number of carbonyl (C=O) groups excluding carboxylic acids is 1. The molecule has 0 amide bonds. The lowest BCUT2D eigenvalue weighted by atomic mass is 10.2. The second-order valence-electron chi connectivity index (χ2n) is 5.35. The summed E-state index contributed by atoms with van der Waals surface area (Å²) >= 11 is 1.40. The molecule has 0 saturated heterocycles. The van der Waals surface area contributed by atoms with Crippen LogP contribution in [0.4, 0.5) is 11.5 Å². The van der Waals surface area contributed by atoms with Crippen molar-refractivity contribution in [2.24, 2.45) is 7.05 Å². The molecule has 0 atom stereocenters. The number of anilines is 2. The molecule has 2 heterocycles. The Morgan fingerprint density at radius 3 is 2.76 bits per heavy atom. The molecule has 0 aromatic carbocycles. The number of carbonyl (C=O) groups is 1. The van der Waals surface area contributed by atoms with Crippen molar-refractivity contribution in [2.45, 2.75) is 12.1 Å². The third kappa shape index (κ3) is 4.96. The van der Waals surface area contributed by atoms with Crippen LogP contribution in [-0.4, -0.2) is 57.6 Å². The number of nitrogens with zero attached hydrogens (tertiary/aromatic N) is 5. The van der Waals surface area contributed by atoms with Gasteiger partial charge >= 0.3 is 5.97 Å². The topological polar surface area (TPSA) is 85.2 Å². The predicted molar refractivity (Wildman–Crippen MR) is 99.0 cm³/mol. The van der Waals surface area contributed by atoms with E-state index < -0.39 is 5.97 Å². The molecule has 25 heavy (non-hydrogen) atoms. The van der Waals surface area contributed by atoms with Crippen LogP contribution >= 0.6 is 11.8 Å². The fourth-order valence-electron chi connectivity index (χ4n) is 2.01. The van der Waals surface area contributed by atoms with Gasteiger partial charge in [-0.2, -0.15) is 5.10 Å². The van der Waals surface area contributed by atoms with E-state index in [0.717, 1.165) is 5.69 Å². The monoisotopic (exact) mass is 362 g/mol. The van der Waals surface area contributed by atoms with Gasteiger partial charge in [-0.05, 0) is 19.3 Å². The zero-order valence-electron chi connectivity index (χ0n) is 15.0. The van der Waals surface area contributed by atoms with Crippen LogP contribution in [0.1, 0.15) is 23.0 Å². The lowest BCUT2D eigenvalue weighted by molar-refractivity contribution is 0.0526. The maximum atomic E-state index is 12.5. The molecular weight excluding hydrogens is 340 g/mol. The van der Waals surface area contributed by atoms with Crippen LogP contribution in [0.25, 0.3) is 6.08 Å². The largest absolute Gasteiger partial charge is 0.462 e. The Bertz CT molecular complexity index is 772. The van der Waals surface area contributed by atoms with Crippen molar-refractivity contribution >= 4 is 35.3 Å². The first-order valence-electron chi connectivity index (χ1n) is 7.68. The first-order valence-corrected chi connectivity index (χ1v) is 8.90. The average molecular weight is 362 g/mol. The maximum Gasteiger partial charge on any atom is 0.344 e. The Hall–Kier alpha value is -2.55. The Labute approximate surface area is 151 Å². The van der Waals surface area contributed by atoms with Crippen LogP contribution in [0.5, 0.6) is 0 Å². The van der Waals surface area contributed by atoms with E-state index in [1.807, 2.05) is 38.5 Å². The van der Waals surface area contributed by atoms with Gasteiger partial charge in [0.15, 0.2) is 5.16 Å². The predicted octanol–water partition coefficient (Wildman–Crippen LogP) is 2.38. The summed E-state index contributed by atoms with van der Waals surface area (Å²) in [5.74, 6) is -0.0795. The molecule has 2 aromatic rings. The highest BCUT2D eigenvalue weighted by molar-refractivity contribution is 7.98. The second kappa shape index (κ2) is 8.52. The minimum atomic E-state index is -0.472. The van der Waals surface area contributed by atoms with Crippen molar-refractivity contribution in [3.05, 3.63) is 29.9 Å². The summed E-state index contributed by atoms with van der Waals surface area (Å²) in [5, 5.41) is 7.81. The van der Waals surface area contributed by atoms with Gasteiger partial charge in [-0.1, -0.05) is 11.8 Å². The van der Waals surface area contributed by atoms with Gasteiger partial charge in [-0.3, -0.25) is 4.68 Å². The first-order chi connectivity index (χ1) is 11.9. The molecule has 0 aliphatic rings. The summed E-state index contributed by atoms with van der Waals surface area (Å²) in [6.45, 7) is 2.03. The van der Waals surface area contributed by atoms with Crippen LogP contribution in [0.3, 0.4) is 0 Å². The van der Waals surface area contributed by atoms with Crippen LogP contribution in [0.2, 0.25) is 0 Å². The van der Waals surface area contributed by atoms with Gasteiger partial charge in [0.2, 0.25) is 0 Å². The van der Waals surface area contributed by atoms with Gasteiger partial charge in [-0.25, -0.2) is 14.8 Å². The number of ether oxygens (including phenoxy) is 1. The van der Waals surface area contributed by atoms with Gasteiger partial charge < -0.3 is 15.0 Å². The van der Waals surface area contributed by atoms with Crippen molar-refractivity contribution in [2.75, 3.05) is 32.3 Å². The molecule has 8 nitrogen and oxygen atoms in total. The number of aryl methyl sites for hydroxylation is 1. The van der Waals surface area contributed by atoms with Gasteiger partial charge in [0, 0.05) is 33.5 Å². The number of nitrogens with one attached hydrogen (secondary N) is 1. The van der Waals surface area contributed by atoms with Crippen LogP contribution in [0.15, 0.2) is 23.8 Å². The Balaban J connectivity index is 2.56. The zero-order valence-corrected chi connectivity index (χ0v) is 15.8. The normalized spacial score (nSPS) is 10.9. The first kappa shape index (κ1) is 18.8. The summed E-state index contributed by atoms with van der Waals surface area (Å²) in [7, 11) is 5.61. The fourth-order valence-corrected chi connectivity index (χ4v) is 2.38. The molecule has 9 heteroatoms. The molecule has 0 aliphatic heterocycles. The van der Waals surface area contributed by atoms with E-state index in [9.17, 15) is 4.79 Å². The Kier molecular flexibility index (Phi) is 6.40. The molecule has 0 bridgehead atoms. The highest BCUT2D eigenvalue weighted by atomic mass is 32.2. The van der Waals surface area contributed by atoms with Crippen LogP contribution in [0, 0.1) is 0 Å². The van der Waals surface area contributed by atoms with Gasteiger partial charge in [0.05, 0.1) is 24.2 Å². The smallest absolute Gasteiger partial charge is 0.344 e. The third-order valence-electron chi connectivity index (χ3n) is 3.08. The summed E-state index contributed by atoms with van der Waals surface area (Å²) in [5.41, 5.74) is 1.51. The number of rotatable bonds is 7. The number of aromatic nitrogens is 4. The SMILES string of the molecule is CCOC(=O)c1c(C=CN(C)C)nc(SC)nc1Nc1cnn(C)c1. The highest BCUT2D eigenvalue weighted by Gasteiger charge is 2.21. The third-order valence-corrected chi connectivity index (χ3v) is 3.62. The lowest BCUT2D eigenvalue weighted by Crippen LogP contribution is -2.14. The van der Waals surface area contributed by atoms with Gasteiger partial charge in [0.25, 0.3) is 0 Å². The number of esters is 1. The number of hydrogen-bond donors (Lipinski definition) is 1. The average Bonchev–Trinajstić information content (AvgIpc) is 2.97. The van der Waals surface area contributed by atoms with E-state index in [2.05, 4.69) is 20.4 Å². The summed E-state index contributed by atoms with van der Waals surface area (Å²) < 4.78 is 6.86. The summed E-state index contributed by atoms with van der Waals surface area (Å²) in [6.07, 6.45) is 8.92. The van der Waals surface area contributed by atoms with E-state index in [1.54, 1.807) is 30.1 Å². The molecule has 2 aromatic heterocycles. The lowest BCUT2D eigenvalue weighted by Gasteiger charge is -2.13. The fraction of sp³-hybridized carbons (Fsp3) is 0.375. The van der Waals surface area contributed by atoms with Crippen LogP contribution < -0.4 is 5.32 Å². The van der Waals surface area contributed by atoms with Gasteiger partial charge in [-0.15, -0.1) is 0 Å². The molecule has 0 radical (unpaired) electrons. The van der Waals surface area contributed by atoms with Crippen molar-refractivity contribution in [3.8, 4) is 0 Å². The van der Waals surface area contributed by atoms with E-state index in [0.29, 0.717) is 22.2 Å². The molecule has 1 N–H and O–H groups in total. The van der Waals surface area contributed by atoms with E-state index in [-0.39, 0.29) is 6.61 Å². The minimum absolute atomic E-state index is 0.270. The minimum Gasteiger partial charge on any atom is -0.462 e. The highest BCUT2D eigenvalue weighted by Crippen LogP contribution is 2.25. The molecule has 2 rings (SSSR count). The summed E-state index contributed by atoms with van der Waals surface area (Å²) in [6, 6.07) is 0. The zero-order chi connectivity index (χ0) is 18.4. The Morgan fingerprint density at radius 2 is 2.20 bits per heavy atom.